The van der Waals surface area contributed by atoms with Crippen LogP contribution in [0.25, 0.3) is 10.9 Å². The van der Waals surface area contributed by atoms with Crippen LogP contribution >= 0.6 is 34.8 Å². The number of benzene rings is 1. The molecular weight excluding hydrogens is 252 g/mol. The van der Waals surface area contributed by atoms with Gasteiger partial charge in [-0.1, -0.05) is 34.8 Å². The lowest BCUT2D eigenvalue weighted by Gasteiger charge is -2.03. The van der Waals surface area contributed by atoms with E-state index in [1.165, 1.54) is 5.54 Å². The van der Waals surface area contributed by atoms with Gasteiger partial charge in [-0.2, -0.15) is 0 Å². The van der Waals surface area contributed by atoms with Gasteiger partial charge < -0.3 is 4.57 Å². The van der Waals surface area contributed by atoms with E-state index in [4.69, 9.17) is 34.8 Å². The third-order valence-electron chi connectivity index (χ3n) is 2.17. The zero-order chi connectivity index (χ0) is 10.8. The highest BCUT2D eigenvalue weighted by Gasteiger charge is 2.02. The molecule has 0 aliphatic heterocycles. The van der Waals surface area contributed by atoms with Crippen LogP contribution in [0.1, 0.15) is 0 Å². The van der Waals surface area contributed by atoms with Gasteiger partial charge in [-0.3, -0.25) is 0 Å². The molecule has 2 aromatic rings. The summed E-state index contributed by atoms with van der Waals surface area (Å²) in [7, 11) is 0. The molecule has 2 rings (SSSR count). The molecule has 0 amide bonds. The summed E-state index contributed by atoms with van der Waals surface area (Å²) in [4.78, 5) is 0. The topological polar surface area (TPSA) is 4.93 Å². The fraction of sp³-hybridized carbons (Fsp3) is 0.0909. The largest absolute Gasteiger partial charge is 0.342 e. The lowest BCUT2D eigenvalue weighted by Crippen LogP contribution is -1.94. The van der Waals surface area contributed by atoms with Gasteiger partial charge in [0.05, 0.1) is 6.54 Å². The van der Waals surface area contributed by atoms with Crippen LogP contribution in [0.3, 0.4) is 0 Å². The summed E-state index contributed by atoms with van der Waals surface area (Å²) in [5.74, 6) is 0. The number of hydrogen-bond donors (Lipinski definition) is 0. The summed E-state index contributed by atoms with van der Waals surface area (Å²) in [6, 6.07) is 7.75. The summed E-state index contributed by atoms with van der Waals surface area (Å²) in [5, 5.41) is 2.44. The van der Waals surface area contributed by atoms with Crippen LogP contribution in [0.4, 0.5) is 0 Å². The Labute approximate surface area is 103 Å². The van der Waals surface area contributed by atoms with Crippen LogP contribution in [-0.2, 0) is 6.54 Å². The molecule has 0 unspecified atom stereocenters. The fourth-order valence-electron chi connectivity index (χ4n) is 1.51. The summed E-state index contributed by atoms with van der Waals surface area (Å²) >= 11 is 17.3. The molecule has 0 fully saturated rings. The van der Waals surface area contributed by atoms with Gasteiger partial charge in [0.15, 0.2) is 0 Å². The van der Waals surface area contributed by atoms with Crippen LogP contribution in [0.15, 0.2) is 41.0 Å². The fourth-order valence-corrected chi connectivity index (χ4v) is 1.88. The average Bonchev–Trinajstić information content (AvgIpc) is 2.60. The van der Waals surface area contributed by atoms with Gasteiger partial charge in [0.2, 0.25) is 0 Å². The van der Waals surface area contributed by atoms with E-state index < -0.39 is 0 Å². The van der Waals surface area contributed by atoms with Gasteiger partial charge in [0.1, 0.15) is 0 Å². The molecule has 1 heterocycles. The minimum absolute atomic E-state index is 0.580. The highest BCUT2D eigenvalue weighted by Crippen LogP contribution is 2.21. The van der Waals surface area contributed by atoms with Crippen molar-refractivity contribution in [3.8, 4) is 0 Å². The van der Waals surface area contributed by atoms with Crippen molar-refractivity contribution in [3.63, 3.8) is 0 Å². The lowest BCUT2D eigenvalue weighted by molar-refractivity contribution is 0.852. The number of nitrogens with zero attached hydrogens (tertiary/aromatic N) is 1. The van der Waals surface area contributed by atoms with Gasteiger partial charge in [0, 0.05) is 32.7 Å². The molecule has 0 saturated carbocycles. The Morgan fingerprint density at radius 2 is 2.13 bits per heavy atom. The maximum atomic E-state index is 5.89. The molecule has 0 saturated heterocycles. The van der Waals surface area contributed by atoms with Crippen molar-refractivity contribution in [3.05, 3.63) is 46.1 Å². The molecule has 1 nitrogen and oxygen atoms in total. The number of halogens is 3. The minimum Gasteiger partial charge on any atom is -0.342 e. The smallest absolute Gasteiger partial charge is 0.0592 e. The van der Waals surface area contributed by atoms with E-state index >= 15 is 0 Å². The predicted octanol–water partition coefficient (Wildman–Crippen LogP) is 4.61. The van der Waals surface area contributed by atoms with E-state index in [2.05, 4.69) is 0 Å². The Bertz CT molecular complexity index is 514. The number of fused-ring (bicyclic) bond motifs is 1. The molecule has 0 aliphatic rings. The van der Waals surface area contributed by atoms with Crippen LogP contribution in [-0.4, -0.2) is 4.57 Å². The quantitative estimate of drug-likeness (QED) is 0.743. The van der Waals surface area contributed by atoms with Crippen LogP contribution in [0.2, 0.25) is 5.02 Å². The second-order valence-electron chi connectivity index (χ2n) is 3.20. The zero-order valence-corrected chi connectivity index (χ0v) is 10.0. The number of rotatable bonds is 2. The minimum atomic E-state index is 0.580. The van der Waals surface area contributed by atoms with E-state index in [1.807, 2.05) is 35.0 Å². The van der Waals surface area contributed by atoms with Crippen molar-refractivity contribution in [2.45, 2.75) is 6.54 Å². The normalized spacial score (nSPS) is 12.3. The third-order valence-corrected chi connectivity index (χ3v) is 3.01. The van der Waals surface area contributed by atoms with Gasteiger partial charge in [-0.05, 0) is 24.3 Å². The summed E-state index contributed by atoms with van der Waals surface area (Å²) in [6.45, 7) is 0.580. The average molecular weight is 261 g/mol. The SMILES string of the molecule is Cl/C=C(/Cl)Cn1ccc2cc(Cl)ccc21. The molecule has 78 valence electrons. The monoisotopic (exact) mass is 259 g/mol. The number of aromatic nitrogens is 1. The van der Waals surface area contributed by atoms with Crippen molar-refractivity contribution >= 4 is 45.7 Å². The van der Waals surface area contributed by atoms with E-state index in [9.17, 15) is 0 Å². The first-order valence-electron chi connectivity index (χ1n) is 4.40. The predicted molar refractivity (Wildman–Crippen MR) is 66.7 cm³/mol. The lowest BCUT2D eigenvalue weighted by atomic mass is 10.2. The maximum Gasteiger partial charge on any atom is 0.0592 e. The Balaban J connectivity index is 2.45. The van der Waals surface area contributed by atoms with E-state index in [0.29, 0.717) is 11.6 Å². The Morgan fingerprint density at radius 1 is 1.33 bits per heavy atom. The van der Waals surface area contributed by atoms with Gasteiger partial charge in [-0.25, -0.2) is 0 Å². The van der Waals surface area contributed by atoms with Crippen LogP contribution < -0.4 is 0 Å². The first kappa shape index (κ1) is 10.9. The Morgan fingerprint density at radius 3 is 2.87 bits per heavy atom. The molecule has 15 heavy (non-hydrogen) atoms. The maximum absolute atomic E-state index is 5.89. The van der Waals surface area contributed by atoms with Crippen LogP contribution in [0, 0.1) is 0 Å². The molecule has 0 radical (unpaired) electrons. The van der Waals surface area contributed by atoms with Crippen molar-refractivity contribution in [2.24, 2.45) is 0 Å². The summed E-state index contributed by atoms with van der Waals surface area (Å²) in [5.41, 5.74) is 2.47. The third kappa shape index (κ3) is 2.31. The van der Waals surface area contributed by atoms with Gasteiger partial charge in [-0.15, -0.1) is 0 Å². The van der Waals surface area contributed by atoms with E-state index in [0.717, 1.165) is 15.9 Å². The molecule has 0 bridgehead atoms. The summed E-state index contributed by atoms with van der Waals surface area (Å²) < 4.78 is 2.02. The Hall–Kier alpha value is -0.630. The highest BCUT2D eigenvalue weighted by atomic mass is 35.5. The molecule has 4 heteroatoms. The molecule has 0 atom stereocenters. The van der Waals surface area contributed by atoms with Crippen molar-refractivity contribution in [1.82, 2.24) is 4.57 Å². The van der Waals surface area contributed by atoms with E-state index in [-0.39, 0.29) is 0 Å². The Kier molecular flexibility index (Phi) is 3.25. The number of allylic oxidation sites excluding steroid dienone is 1. The van der Waals surface area contributed by atoms with Crippen LogP contribution in [0.5, 0.6) is 0 Å². The molecular formula is C11H8Cl3N. The first-order valence-corrected chi connectivity index (χ1v) is 5.59. The standard InChI is InChI=1S/C11H8Cl3N/c12-6-10(14)7-15-4-3-8-5-9(13)1-2-11(8)15/h1-6H,7H2/b10-6+. The molecule has 0 N–H and O–H groups in total. The van der Waals surface area contributed by atoms with Crippen molar-refractivity contribution in [2.75, 3.05) is 0 Å². The zero-order valence-electron chi connectivity index (χ0n) is 7.75. The first-order chi connectivity index (χ1) is 7.20. The van der Waals surface area contributed by atoms with Gasteiger partial charge in [0.25, 0.3) is 0 Å². The number of hydrogen-bond acceptors (Lipinski definition) is 0. The molecule has 1 aromatic heterocycles. The van der Waals surface area contributed by atoms with Crippen molar-refractivity contribution in [1.29, 1.82) is 0 Å². The van der Waals surface area contributed by atoms with E-state index in [1.54, 1.807) is 0 Å². The molecule has 1 aromatic carbocycles. The van der Waals surface area contributed by atoms with Crippen molar-refractivity contribution < 1.29 is 0 Å². The summed E-state index contributed by atoms with van der Waals surface area (Å²) in [6.07, 6.45) is 1.96. The van der Waals surface area contributed by atoms with Gasteiger partial charge >= 0.3 is 0 Å². The highest BCUT2D eigenvalue weighted by molar-refractivity contribution is 6.36. The molecule has 0 spiro atoms. The second kappa shape index (κ2) is 4.48. The molecule has 0 aliphatic carbocycles. The second-order valence-corrected chi connectivity index (χ2v) is 4.34.